The maximum Gasteiger partial charge on any atom is 0.410 e. The van der Waals surface area contributed by atoms with Crippen LogP contribution in [0.25, 0.3) is 0 Å². The van der Waals surface area contributed by atoms with Crippen LogP contribution in [0.2, 0.25) is 4.34 Å². The minimum absolute atomic E-state index is 0.199. The van der Waals surface area contributed by atoms with Gasteiger partial charge in [0.2, 0.25) is 0 Å². The van der Waals surface area contributed by atoms with Crippen molar-refractivity contribution in [1.82, 2.24) is 4.90 Å². The van der Waals surface area contributed by atoms with E-state index in [9.17, 15) is 4.79 Å². The van der Waals surface area contributed by atoms with Crippen molar-refractivity contribution in [3.63, 3.8) is 0 Å². The van der Waals surface area contributed by atoms with Crippen LogP contribution in [-0.4, -0.2) is 35.3 Å². The van der Waals surface area contributed by atoms with Gasteiger partial charge < -0.3 is 14.4 Å². The fraction of sp³-hybridized carbons (Fsp3) is 0.688. The standard InChI is InChI=1S/C16H24ClNO3S/c1-15(2,3)21-14(19)18-9-7-16(4,8-10-18)20-11-12-5-6-13(17)22-12/h5-6H,7-11H2,1-4H3. The lowest BCUT2D eigenvalue weighted by atomic mass is 9.93. The van der Waals surface area contributed by atoms with Crippen molar-refractivity contribution in [3.8, 4) is 0 Å². The second kappa shape index (κ2) is 6.77. The van der Waals surface area contributed by atoms with Gasteiger partial charge in [0.15, 0.2) is 0 Å². The molecule has 0 N–H and O–H groups in total. The van der Waals surface area contributed by atoms with Gasteiger partial charge in [0.25, 0.3) is 0 Å². The Labute approximate surface area is 141 Å². The Hall–Kier alpha value is -0.780. The predicted octanol–water partition coefficient (Wildman–Crippen LogP) is 4.71. The van der Waals surface area contributed by atoms with Crippen LogP contribution in [0, 0.1) is 0 Å². The molecule has 0 spiro atoms. The molecule has 22 heavy (non-hydrogen) atoms. The van der Waals surface area contributed by atoms with E-state index in [0.29, 0.717) is 19.7 Å². The number of likely N-dealkylation sites (tertiary alicyclic amines) is 1. The number of piperidine rings is 1. The summed E-state index contributed by atoms with van der Waals surface area (Å²) in [6.07, 6.45) is 1.39. The Morgan fingerprint density at radius 2 is 2.00 bits per heavy atom. The van der Waals surface area contributed by atoms with Crippen molar-refractivity contribution in [3.05, 3.63) is 21.3 Å². The van der Waals surface area contributed by atoms with Crippen LogP contribution < -0.4 is 0 Å². The van der Waals surface area contributed by atoms with Crippen LogP contribution in [0.3, 0.4) is 0 Å². The van der Waals surface area contributed by atoms with Crippen molar-refractivity contribution in [2.24, 2.45) is 0 Å². The van der Waals surface area contributed by atoms with E-state index in [0.717, 1.165) is 22.1 Å². The minimum atomic E-state index is -0.452. The molecule has 6 heteroatoms. The molecule has 1 fully saturated rings. The van der Waals surface area contributed by atoms with E-state index in [-0.39, 0.29) is 11.7 Å². The zero-order valence-corrected chi connectivity index (χ0v) is 15.2. The third kappa shape index (κ3) is 5.14. The molecule has 0 saturated carbocycles. The van der Waals surface area contributed by atoms with E-state index in [1.807, 2.05) is 32.9 Å². The fourth-order valence-corrected chi connectivity index (χ4v) is 3.31. The molecule has 1 aliphatic rings. The molecular formula is C16H24ClNO3S. The maximum atomic E-state index is 12.1. The van der Waals surface area contributed by atoms with Gasteiger partial charge >= 0.3 is 6.09 Å². The number of hydrogen-bond donors (Lipinski definition) is 0. The molecule has 0 aliphatic carbocycles. The summed E-state index contributed by atoms with van der Waals surface area (Å²) in [6.45, 7) is 9.65. The zero-order chi connectivity index (χ0) is 16.4. The van der Waals surface area contributed by atoms with Crippen molar-refractivity contribution < 1.29 is 14.3 Å². The van der Waals surface area contributed by atoms with Gasteiger partial charge in [0.05, 0.1) is 16.5 Å². The fourth-order valence-electron chi connectivity index (χ4n) is 2.31. The van der Waals surface area contributed by atoms with Gasteiger partial charge in [-0.05, 0) is 52.7 Å². The predicted molar refractivity (Wildman–Crippen MR) is 89.6 cm³/mol. The van der Waals surface area contributed by atoms with E-state index in [2.05, 4.69) is 6.92 Å². The number of carbonyl (C=O) groups is 1. The van der Waals surface area contributed by atoms with Crippen molar-refractivity contribution in [1.29, 1.82) is 0 Å². The smallest absolute Gasteiger partial charge is 0.410 e. The molecule has 0 aromatic carbocycles. The van der Waals surface area contributed by atoms with Crippen LogP contribution in [0.5, 0.6) is 0 Å². The highest BCUT2D eigenvalue weighted by atomic mass is 35.5. The highest BCUT2D eigenvalue weighted by Gasteiger charge is 2.34. The third-order valence-corrected chi connectivity index (χ3v) is 4.87. The number of ether oxygens (including phenoxy) is 2. The maximum absolute atomic E-state index is 12.1. The van der Waals surface area contributed by atoms with Crippen molar-refractivity contribution >= 4 is 29.0 Å². The first kappa shape index (κ1) is 17.6. The second-order valence-electron chi connectivity index (χ2n) is 6.91. The van der Waals surface area contributed by atoms with Crippen molar-refractivity contribution in [2.45, 2.75) is 58.3 Å². The van der Waals surface area contributed by atoms with Crippen LogP contribution in [0.1, 0.15) is 45.4 Å². The molecule has 124 valence electrons. The number of nitrogens with zero attached hydrogens (tertiary/aromatic N) is 1. The average Bonchev–Trinajstić information content (AvgIpc) is 2.81. The van der Waals surface area contributed by atoms with E-state index in [1.54, 1.807) is 16.2 Å². The molecule has 0 unspecified atom stereocenters. The molecule has 2 heterocycles. The summed E-state index contributed by atoms with van der Waals surface area (Å²) < 4.78 is 12.3. The monoisotopic (exact) mass is 345 g/mol. The highest BCUT2D eigenvalue weighted by Crippen LogP contribution is 2.30. The first-order valence-electron chi connectivity index (χ1n) is 7.53. The number of thiophene rings is 1. The summed E-state index contributed by atoms with van der Waals surface area (Å²) in [5.41, 5.74) is -0.651. The molecule has 1 aliphatic heterocycles. The Morgan fingerprint density at radius 1 is 1.36 bits per heavy atom. The molecule has 1 amide bonds. The van der Waals surface area contributed by atoms with E-state index >= 15 is 0 Å². The summed E-state index contributed by atoms with van der Waals surface area (Å²) >= 11 is 7.47. The number of halogens is 1. The van der Waals surface area contributed by atoms with Crippen LogP contribution in [0.15, 0.2) is 12.1 Å². The number of carbonyl (C=O) groups excluding carboxylic acids is 1. The largest absolute Gasteiger partial charge is 0.444 e. The van der Waals surface area contributed by atoms with Gasteiger partial charge in [-0.3, -0.25) is 0 Å². The van der Waals surface area contributed by atoms with Crippen LogP contribution in [-0.2, 0) is 16.1 Å². The number of rotatable bonds is 3. The topological polar surface area (TPSA) is 38.8 Å². The number of amides is 1. The quantitative estimate of drug-likeness (QED) is 0.796. The molecule has 1 aromatic heterocycles. The summed E-state index contributed by atoms with van der Waals surface area (Å²) in [4.78, 5) is 14.9. The Balaban J connectivity index is 1.81. The first-order valence-corrected chi connectivity index (χ1v) is 8.72. The SMILES string of the molecule is CC(C)(C)OC(=O)N1CCC(C)(OCc2ccc(Cl)s2)CC1. The summed E-state index contributed by atoms with van der Waals surface area (Å²) in [5, 5.41) is 0. The molecule has 0 bridgehead atoms. The van der Waals surface area contributed by atoms with E-state index in [4.69, 9.17) is 21.1 Å². The second-order valence-corrected chi connectivity index (χ2v) is 8.71. The Bertz CT molecular complexity index is 516. The average molecular weight is 346 g/mol. The van der Waals surface area contributed by atoms with E-state index in [1.165, 1.54) is 0 Å². The molecule has 1 saturated heterocycles. The lowest BCUT2D eigenvalue weighted by Crippen LogP contribution is -2.47. The van der Waals surface area contributed by atoms with E-state index < -0.39 is 5.60 Å². The Morgan fingerprint density at radius 3 is 2.50 bits per heavy atom. The lowest BCUT2D eigenvalue weighted by Gasteiger charge is -2.39. The molecule has 4 nitrogen and oxygen atoms in total. The summed E-state index contributed by atoms with van der Waals surface area (Å²) in [7, 11) is 0. The van der Waals surface area contributed by atoms with Gasteiger partial charge in [-0.15, -0.1) is 11.3 Å². The van der Waals surface area contributed by atoms with Crippen LogP contribution >= 0.6 is 22.9 Å². The van der Waals surface area contributed by atoms with Gasteiger partial charge in [0, 0.05) is 18.0 Å². The van der Waals surface area contributed by atoms with Gasteiger partial charge in [0.1, 0.15) is 5.60 Å². The molecule has 0 radical (unpaired) electrons. The van der Waals surface area contributed by atoms with Gasteiger partial charge in [-0.1, -0.05) is 11.6 Å². The highest BCUT2D eigenvalue weighted by molar-refractivity contribution is 7.16. The molecule has 1 aromatic rings. The number of hydrogen-bond acceptors (Lipinski definition) is 4. The van der Waals surface area contributed by atoms with Gasteiger partial charge in [-0.25, -0.2) is 4.79 Å². The van der Waals surface area contributed by atoms with Crippen LogP contribution in [0.4, 0.5) is 4.79 Å². The Kier molecular flexibility index (Phi) is 5.41. The van der Waals surface area contributed by atoms with Gasteiger partial charge in [-0.2, -0.15) is 0 Å². The molecule has 2 rings (SSSR count). The molecule has 0 atom stereocenters. The lowest BCUT2D eigenvalue weighted by molar-refractivity contribution is -0.0803. The minimum Gasteiger partial charge on any atom is -0.444 e. The summed E-state index contributed by atoms with van der Waals surface area (Å²) in [6, 6.07) is 3.88. The first-order chi connectivity index (χ1) is 10.2. The zero-order valence-electron chi connectivity index (χ0n) is 13.6. The molecular weight excluding hydrogens is 322 g/mol. The van der Waals surface area contributed by atoms with Crippen molar-refractivity contribution in [2.75, 3.05) is 13.1 Å². The third-order valence-electron chi connectivity index (χ3n) is 3.66. The summed E-state index contributed by atoms with van der Waals surface area (Å²) in [5.74, 6) is 0. The normalized spacial score (nSPS) is 18.3.